The molecule has 1 N–H and O–H groups in total. The first-order valence-electron chi connectivity index (χ1n) is 7.37. The van der Waals surface area contributed by atoms with Gasteiger partial charge < -0.3 is 20.0 Å². The molecule has 0 aliphatic rings. The standard InChI is InChI=1S/C17H25NO4/c1-11(2)12-6-8-13(9-7-12)14(10-15(19)20)18-16(21)22-17(3,4)5/h6-9,11,14H,10H2,1-5H3,(H,18,21)(H,19,20)/p-1/t14-/m1/s1. The van der Waals surface area contributed by atoms with Gasteiger partial charge in [-0.25, -0.2) is 4.79 Å². The normalized spacial score (nSPS) is 12.8. The van der Waals surface area contributed by atoms with E-state index in [4.69, 9.17) is 4.74 Å². The molecule has 0 heterocycles. The summed E-state index contributed by atoms with van der Waals surface area (Å²) in [4.78, 5) is 22.8. The summed E-state index contributed by atoms with van der Waals surface area (Å²) >= 11 is 0. The number of benzene rings is 1. The van der Waals surface area contributed by atoms with Gasteiger partial charge in [-0.1, -0.05) is 38.1 Å². The number of rotatable bonds is 5. The Morgan fingerprint density at radius 1 is 1.14 bits per heavy atom. The van der Waals surface area contributed by atoms with Crippen LogP contribution in [0.15, 0.2) is 24.3 Å². The van der Waals surface area contributed by atoms with Crippen molar-refractivity contribution in [3.05, 3.63) is 35.4 Å². The second-order valence-corrected chi connectivity index (χ2v) is 6.60. The zero-order valence-corrected chi connectivity index (χ0v) is 13.8. The smallest absolute Gasteiger partial charge is 0.408 e. The lowest BCUT2D eigenvalue weighted by Gasteiger charge is -2.24. The van der Waals surface area contributed by atoms with Gasteiger partial charge in [0.1, 0.15) is 5.60 Å². The number of aliphatic carboxylic acids is 1. The largest absolute Gasteiger partial charge is 0.550 e. The van der Waals surface area contributed by atoms with E-state index >= 15 is 0 Å². The number of carbonyl (C=O) groups is 2. The fourth-order valence-electron chi connectivity index (χ4n) is 1.98. The van der Waals surface area contributed by atoms with Crippen LogP contribution in [0.25, 0.3) is 0 Å². The molecule has 5 nitrogen and oxygen atoms in total. The highest BCUT2D eigenvalue weighted by atomic mass is 16.6. The van der Waals surface area contributed by atoms with Crippen molar-refractivity contribution in [2.45, 2.75) is 58.6 Å². The molecule has 0 saturated carbocycles. The number of ether oxygens (including phenoxy) is 1. The third-order valence-corrected chi connectivity index (χ3v) is 3.07. The van der Waals surface area contributed by atoms with Crippen molar-refractivity contribution in [1.82, 2.24) is 5.32 Å². The molecule has 0 aliphatic carbocycles. The van der Waals surface area contributed by atoms with E-state index in [1.807, 2.05) is 24.3 Å². The lowest BCUT2D eigenvalue weighted by Crippen LogP contribution is -2.37. The van der Waals surface area contributed by atoms with Crippen LogP contribution in [-0.4, -0.2) is 17.7 Å². The summed E-state index contributed by atoms with van der Waals surface area (Å²) in [5.41, 5.74) is 1.21. The first-order chi connectivity index (χ1) is 10.1. The predicted octanol–water partition coefficient (Wildman–Crippen LogP) is 2.52. The van der Waals surface area contributed by atoms with Gasteiger partial charge in [-0.05, 0) is 37.8 Å². The quantitative estimate of drug-likeness (QED) is 0.906. The summed E-state index contributed by atoms with van der Waals surface area (Å²) in [5.74, 6) is -0.846. The van der Waals surface area contributed by atoms with Crippen LogP contribution in [0.1, 0.15) is 64.1 Å². The molecule has 0 spiro atoms. The summed E-state index contributed by atoms with van der Waals surface area (Å²) < 4.78 is 5.17. The number of nitrogens with one attached hydrogen (secondary N) is 1. The van der Waals surface area contributed by atoms with Gasteiger partial charge in [-0.3, -0.25) is 0 Å². The van der Waals surface area contributed by atoms with Crippen molar-refractivity contribution in [3.63, 3.8) is 0 Å². The maximum Gasteiger partial charge on any atom is 0.408 e. The minimum absolute atomic E-state index is 0.305. The van der Waals surface area contributed by atoms with E-state index < -0.39 is 23.7 Å². The van der Waals surface area contributed by atoms with Gasteiger partial charge in [-0.2, -0.15) is 0 Å². The van der Waals surface area contributed by atoms with Crippen molar-refractivity contribution >= 4 is 12.1 Å². The van der Waals surface area contributed by atoms with Crippen LogP contribution in [0.4, 0.5) is 4.79 Å². The SMILES string of the molecule is CC(C)c1ccc([C@@H](CC(=O)[O-])NC(=O)OC(C)(C)C)cc1. The molecule has 0 fully saturated rings. The Morgan fingerprint density at radius 3 is 2.05 bits per heavy atom. The number of hydrogen-bond donors (Lipinski definition) is 1. The van der Waals surface area contributed by atoms with Crippen molar-refractivity contribution in [2.75, 3.05) is 0 Å². The highest BCUT2D eigenvalue weighted by Gasteiger charge is 2.20. The highest BCUT2D eigenvalue weighted by molar-refractivity contribution is 5.71. The topological polar surface area (TPSA) is 78.5 Å². The molecule has 1 aromatic rings. The fourth-order valence-corrected chi connectivity index (χ4v) is 1.98. The van der Waals surface area contributed by atoms with E-state index in [9.17, 15) is 14.7 Å². The maximum atomic E-state index is 11.9. The molecule has 1 amide bonds. The molecule has 1 atom stereocenters. The Labute approximate surface area is 131 Å². The molecule has 0 bridgehead atoms. The average molecular weight is 306 g/mol. The molecule has 0 radical (unpaired) electrons. The zero-order valence-electron chi connectivity index (χ0n) is 13.8. The van der Waals surface area contributed by atoms with Crippen LogP contribution in [-0.2, 0) is 9.53 Å². The molecule has 0 aromatic heterocycles. The van der Waals surface area contributed by atoms with Crippen molar-refractivity contribution in [2.24, 2.45) is 0 Å². The van der Waals surface area contributed by atoms with Crippen LogP contribution in [0.5, 0.6) is 0 Å². The second kappa shape index (κ2) is 7.29. The minimum Gasteiger partial charge on any atom is -0.550 e. The number of carboxylic acids is 1. The fraction of sp³-hybridized carbons (Fsp3) is 0.529. The van der Waals surface area contributed by atoms with Gasteiger partial charge in [0.2, 0.25) is 0 Å². The van der Waals surface area contributed by atoms with Gasteiger partial charge in [0.15, 0.2) is 0 Å². The summed E-state index contributed by atoms with van der Waals surface area (Å²) in [6.45, 7) is 9.40. The molecule has 1 rings (SSSR count). The van der Waals surface area contributed by atoms with Crippen LogP contribution in [0.3, 0.4) is 0 Å². The summed E-state index contributed by atoms with van der Waals surface area (Å²) in [6.07, 6.45) is -0.952. The molecule has 5 heteroatoms. The van der Waals surface area contributed by atoms with Crippen LogP contribution in [0, 0.1) is 0 Å². The van der Waals surface area contributed by atoms with E-state index in [0.29, 0.717) is 11.5 Å². The first-order valence-corrected chi connectivity index (χ1v) is 7.37. The third kappa shape index (κ3) is 6.16. The third-order valence-electron chi connectivity index (χ3n) is 3.07. The molecule has 0 aliphatic heterocycles. The number of hydrogen-bond acceptors (Lipinski definition) is 4. The van der Waals surface area contributed by atoms with Crippen molar-refractivity contribution in [1.29, 1.82) is 0 Å². The van der Waals surface area contributed by atoms with Crippen LogP contribution in [0.2, 0.25) is 0 Å². The Morgan fingerprint density at radius 2 is 1.64 bits per heavy atom. The number of alkyl carbamates (subject to hydrolysis) is 1. The Hall–Kier alpha value is -2.04. The number of carboxylic acid groups (broad SMARTS) is 1. The molecule has 22 heavy (non-hydrogen) atoms. The molecular formula is C17H24NO4-. The Balaban J connectivity index is 2.88. The van der Waals surface area contributed by atoms with Gasteiger partial charge in [0, 0.05) is 12.4 Å². The second-order valence-electron chi connectivity index (χ2n) is 6.60. The molecular weight excluding hydrogens is 282 g/mol. The molecule has 122 valence electrons. The van der Waals surface area contributed by atoms with Gasteiger partial charge in [0.05, 0.1) is 6.04 Å². The van der Waals surface area contributed by atoms with E-state index in [1.165, 1.54) is 0 Å². The molecule has 0 saturated heterocycles. The van der Waals surface area contributed by atoms with E-state index in [0.717, 1.165) is 5.56 Å². The zero-order chi connectivity index (χ0) is 16.9. The summed E-state index contributed by atoms with van der Waals surface area (Å²) in [5, 5.41) is 13.5. The molecule has 1 aromatic carbocycles. The van der Waals surface area contributed by atoms with Crippen molar-refractivity contribution in [3.8, 4) is 0 Å². The number of amides is 1. The van der Waals surface area contributed by atoms with Gasteiger partial charge in [-0.15, -0.1) is 0 Å². The van der Waals surface area contributed by atoms with E-state index in [2.05, 4.69) is 19.2 Å². The highest BCUT2D eigenvalue weighted by Crippen LogP contribution is 2.21. The monoisotopic (exact) mass is 306 g/mol. The summed E-state index contributed by atoms with van der Waals surface area (Å²) in [7, 11) is 0. The molecule has 0 unspecified atom stereocenters. The number of carbonyl (C=O) groups excluding carboxylic acids is 2. The summed E-state index contributed by atoms with van der Waals surface area (Å²) in [6, 6.07) is 6.82. The predicted molar refractivity (Wildman–Crippen MR) is 82.3 cm³/mol. The van der Waals surface area contributed by atoms with Gasteiger partial charge in [0.25, 0.3) is 0 Å². The van der Waals surface area contributed by atoms with Crippen LogP contribution >= 0.6 is 0 Å². The van der Waals surface area contributed by atoms with Crippen LogP contribution < -0.4 is 10.4 Å². The van der Waals surface area contributed by atoms with Crippen molar-refractivity contribution < 1.29 is 19.4 Å². The Kier molecular flexibility index (Phi) is 5.97. The van der Waals surface area contributed by atoms with E-state index in [1.54, 1.807) is 20.8 Å². The lowest BCUT2D eigenvalue weighted by molar-refractivity contribution is -0.306. The van der Waals surface area contributed by atoms with E-state index in [-0.39, 0.29) is 6.42 Å². The maximum absolute atomic E-state index is 11.9. The first kappa shape index (κ1) is 18.0. The lowest BCUT2D eigenvalue weighted by atomic mass is 9.98. The average Bonchev–Trinajstić information content (AvgIpc) is 2.35. The minimum atomic E-state index is -1.23. The Bertz CT molecular complexity index is 514. The van der Waals surface area contributed by atoms with Gasteiger partial charge >= 0.3 is 6.09 Å².